The van der Waals surface area contributed by atoms with Gasteiger partial charge in [-0.25, -0.2) is 4.98 Å². The van der Waals surface area contributed by atoms with Crippen LogP contribution in [0, 0.1) is 0 Å². The van der Waals surface area contributed by atoms with E-state index < -0.39 is 0 Å². The van der Waals surface area contributed by atoms with E-state index in [0.29, 0.717) is 17.0 Å². The first-order valence-electron chi connectivity index (χ1n) is 7.70. The van der Waals surface area contributed by atoms with Crippen molar-refractivity contribution in [2.24, 2.45) is 0 Å². The fourth-order valence-corrected chi connectivity index (χ4v) is 2.93. The topological polar surface area (TPSA) is 79.9 Å². The number of nitrogens with zero attached hydrogens (tertiary/aromatic N) is 2. The Morgan fingerprint density at radius 3 is 3.14 bits per heavy atom. The number of rotatable bonds is 9. The SMILES string of the molecule is CCc1nc(SCC(=O)NCCCC[C@H]2CCCO2)n[nH]1. The average Bonchev–Trinajstić information content (AvgIpc) is 3.16. The number of unbranched alkanes of at least 4 members (excludes halogenated alkanes) is 1. The summed E-state index contributed by atoms with van der Waals surface area (Å²) in [6.45, 7) is 3.66. The monoisotopic (exact) mass is 312 g/mol. The van der Waals surface area contributed by atoms with Crippen LogP contribution in [0.5, 0.6) is 0 Å². The molecule has 1 aliphatic rings. The number of hydrogen-bond donors (Lipinski definition) is 2. The Labute approximate surface area is 129 Å². The Bertz CT molecular complexity index is 432. The van der Waals surface area contributed by atoms with Crippen molar-refractivity contribution in [3.63, 3.8) is 0 Å². The van der Waals surface area contributed by atoms with Crippen LogP contribution in [0.25, 0.3) is 0 Å². The van der Waals surface area contributed by atoms with Gasteiger partial charge in [0.25, 0.3) is 0 Å². The summed E-state index contributed by atoms with van der Waals surface area (Å²) in [5.41, 5.74) is 0. The lowest BCUT2D eigenvalue weighted by molar-refractivity contribution is -0.118. The minimum Gasteiger partial charge on any atom is -0.378 e. The van der Waals surface area contributed by atoms with E-state index in [2.05, 4.69) is 20.5 Å². The average molecular weight is 312 g/mol. The van der Waals surface area contributed by atoms with Gasteiger partial charge in [0.05, 0.1) is 11.9 Å². The zero-order valence-corrected chi connectivity index (χ0v) is 13.4. The van der Waals surface area contributed by atoms with Gasteiger partial charge in [-0.3, -0.25) is 9.89 Å². The highest BCUT2D eigenvalue weighted by Crippen LogP contribution is 2.17. The first-order chi connectivity index (χ1) is 10.3. The van der Waals surface area contributed by atoms with Gasteiger partial charge in [-0.05, 0) is 32.1 Å². The number of hydrogen-bond acceptors (Lipinski definition) is 5. The molecule has 1 saturated heterocycles. The van der Waals surface area contributed by atoms with Crippen LogP contribution in [-0.2, 0) is 16.0 Å². The second-order valence-corrected chi connectivity index (χ2v) is 6.13. The number of aromatic nitrogens is 3. The Morgan fingerprint density at radius 1 is 1.52 bits per heavy atom. The third-order valence-electron chi connectivity index (χ3n) is 3.48. The van der Waals surface area contributed by atoms with Crippen LogP contribution in [0.15, 0.2) is 5.16 Å². The minimum atomic E-state index is 0.0416. The van der Waals surface area contributed by atoms with Crippen LogP contribution in [0.4, 0.5) is 0 Å². The smallest absolute Gasteiger partial charge is 0.230 e. The van der Waals surface area contributed by atoms with Gasteiger partial charge in [0.1, 0.15) is 5.82 Å². The van der Waals surface area contributed by atoms with Crippen molar-refractivity contribution in [1.29, 1.82) is 0 Å². The minimum absolute atomic E-state index is 0.0416. The molecule has 2 rings (SSSR count). The van der Waals surface area contributed by atoms with E-state index >= 15 is 0 Å². The molecule has 0 saturated carbocycles. The first-order valence-corrected chi connectivity index (χ1v) is 8.69. The van der Waals surface area contributed by atoms with Gasteiger partial charge in [0.2, 0.25) is 11.1 Å². The molecule has 21 heavy (non-hydrogen) atoms. The number of carbonyl (C=O) groups is 1. The molecule has 0 unspecified atom stereocenters. The molecule has 0 spiro atoms. The lowest BCUT2D eigenvalue weighted by Gasteiger charge is -2.09. The zero-order valence-electron chi connectivity index (χ0n) is 12.6. The van der Waals surface area contributed by atoms with Crippen molar-refractivity contribution in [1.82, 2.24) is 20.5 Å². The van der Waals surface area contributed by atoms with Gasteiger partial charge in [0.15, 0.2) is 0 Å². The molecule has 0 aromatic carbocycles. The predicted octanol–water partition coefficient (Wildman–Crippen LogP) is 1.92. The van der Waals surface area contributed by atoms with Crippen LogP contribution < -0.4 is 5.32 Å². The summed E-state index contributed by atoms with van der Waals surface area (Å²) in [6, 6.07) is 0. The molecule has 0 radical (unpaired) electrons. The molecule has 1 aromatic rings. The third kappa shape index (κ3) is 6.05. The highest BCUT2D eigenvalue weighted by atomic mass is 32.2. The van der Waals surface area contributed by atoms with Crippen LogP contribution in [0.2, 0.25) is 0 Å². The first kappa shape index (κ1) is 16.3. The summed E-state index contributed by atoms with van der Waals surface area (Å²) in [7, 11) is 0. The maximum absolute atomic E-state index is 11.7. The number of H-pyrrole nitrogens is 1. The van der Waals surface area contributed by atoms with E-state index in [1.807, 2.05) is 6.92 Å². The number of thioether (sulfide) groups is 1. The maximum atomic E-state index is 11.7. The Kier molecular flexibility index (Phi) is 7.02. The van der Waals surface area contributed by atoms with Gasteiger partial charge < -0.3 is 10.1 Å². The molecule has 1 amide bonds. The van der Waals surface area contributed by atoms with E-state index in [4.69, 9.17) is 4.74 Å². The van der Waals surface area contributed by atoms with Crippen LogP contribution in [0.1, 0.15) is 44.9 Å². The van der Waals surface area contributed by atoms with Crippen LogP contribution in [0.3, 0.4) is 0 Å². The van der Waals surface area contributed by atoms with Crippen molar-refractivity contribution >= 4 is 17.7 Å². The Balaban J connectivity index is 1.49. The molecule has 1 aliphatic heterocycles. The van der Waals surface area contributed by atoms with Crippen molar-refractivity contribution < 1.29 is 9.53 Å². The molecular formula is C14H24N4O2S. The van der Waals surface area contributed by atoms with Crippen molar-refractivity contribution in [3.05, 3.63) is 5.82 Å². The molecule has 7 heteroatoms. The molecule has 118 valence electrons. The van der Waals surface area contributed by atoms with E-state index in [1.54, 1.807) is 0 Å². The number of aryl methyl sites for hydroxylation is 1. The van der Waals surface area contributed by atoms with Crippen molar-refractivity contribution in [2.75, 3.05) is 18.9 Å². The van der Waals surface area contributed by atoms with Gasteiger partial charge in [-0.1, -0.05) is 18.7 Å². The lowest BCUT2D eigenvalue weighted by atomic mass is 10.1. The van der Waals surface area contributed by atoms with Crippen LogP contribution in [-0.4, -0.2) is 46.1 Å². The summed E-state index contributed by atoms with van der Waals surface area (Å²) in [5.74, 6) is 1.26. The van der Waals surface area contributed by atoms with E-state index in [0.717, 1.165) is 44.7 Å². The Morgan fingerprint density at radius 2 is 2.43 bits per heavy atom. The van der Waals surface area contributed by atoms with Crippen LogP contribution >= 0.6 is 11.8 Å². The molecule has 6 nitrogen and oxygen atoms in total. The fourth-order valence-electron chi connectivity index (χ4n) is 2.28. The molecule has 2 N–H and O–H groups in total. The van der Waals surface area contributed by atoms with Crippen molar-refractivity contribution in [3.8, 4) is 0 Å². The maximum Gasteiger partial charge on any atom is 0.230 e. The van der Waals surface area contributed by atoms with E-state index in [-0.39, 0.29) is 5.91 Å². The zero-order chi connectivity index (χ0) is 14.9. The van der Waals surface area contributed by atoms with Crippen molar-refractivity contribution in [2.45, 2.75) is 56.7 Å². The standard InChI is InChI=1S/C14H24N4O2S/c1-2-12-16-14(18-17-12)21-10-13(19)15-8-4-3-6-11-7-5-9-20-11/h11H,2-10H2,1H3,(H,15,19)(H,16,17,18)/t11-/m0/s1. The highest BCUT2D eigenvalue weighted by molar-refractivity contribution is 7.99. The number of aromatic amines is 1. The van der Waals surface area contributed by atoms with Gasteiger partial charge >= 0.3 is 0 Å². The summed E-state index contributed by atoms with van der Waals surface area (Å²) in [5, 5.41) is 10.5. The molecule has 2 heterocycles. The van der Waals surface area contributed by atoms with E-state index in [1.165, 1.54) is 24.6 Å². The lowest BCUT2D eigenvalue weighted by Crippen LogP contribution is -2.26. The summed E-state index contributed by atoms with van der Waals surface area (Å²) >= 11 is 1.36. The number of ether oxygens (including phenoxy) is 1. The second-order valence-electron chi connectivity index (χ2n) is 5.19. The number of nitrogens with one attached hydrogen (secondary N) is 2. The quantitative estimate of drug-likeness (QED) is 0.538. The number of carbonyl (C=O) groups excluding carboxylic acids is 1. The van der Waals surface area contributed by atoms with E-state index in [9.17, 15) is 4.79 Å². The third-order valence-corrected chi connectivity index (χ3v) is 4.32. The Hall–Kier alpha value is -1.08. The highest BCUT2D eigenvalue weighted by Gasteiger charge is 2.14. The van der Waals surface area contributed by atoms with Gasteiger partial charge in [0, 0.05) is 19.6 Å². The normalized spacial score (nSPS) is 18.0. The molecule has 1 atom stereocenters. The van der Waals surface area contributed by atoms with Gasteiger partial charge in [-0.2, -0.15) is 0 Å². The molecular weight excluding hydrogens is 288 g/mol. The molecule has 1 fully saturated rings. The largest absolute Gasteiger partial charge is 0.378 e. The van der Waals surface area contributed by atoms with Gasteiger partial charge in [-0.15, -0.1) is 5.10 Å². The fraction of sp³-hybridized carbons (Fsp3) is 0.786. The summed E-state index contributed by atoms with van der Waals surface area (Å²) < 4.78 is 5.57. The second kappa shape index (κ2) is 9.04. The molecule has 0 bridgehead atoms. The summed E-state index contributed by atoms with van der Waals surface area (Å²) in [6.07, 6.45) is 6.90. The summed E-state index contributed by atoms with van der Waals surface area (Å²) in [4.78, 5) is 15.9. The molecule has 1 aromatic heterocycles. The predicted molar refractivity (Wildman–Crippen MR) is 82.3 cm³/mol. The molecule has 0 aliphatic carbocycles. The number of amides is 1.